The summed E-state index contributed by atoms with van der Waals surface area (Å²) in [6, 6.07) is 0. The van der Waals surface area contributed by atoms with Gasteiger partial charge in [-0.2, -0.15) is 0 Å². The molecule has 0 amide bonds. The average Bonchev–Trinajstić information content (AvgIpc) is 2.39. The highest BCUT2D eigenvalue weighted by Gasteiger charge is 2.27. The molecule has 1 rings (SSSR count). The maximum absolute atomic E-state index is 6.49. The molecule has 0 aromatic heterocycles. The van der Waals surface area contributed by atoms with Gasteiger partial charge in [-0.05, 0) is 37.5 Å². The number of rotatable bonds is 9. The molecule has 0 N–H and O–H groups in total. The summed E-state index contributed by atoms with van der Waals surface area (Å²) in [5.41, 5.74) is 0. The Balaban J connectivity index is 2.03. The lowest BCUT2D eigenvalue weighted by atomic mass is 9.77. The van der Waals surface area contributed by atoms with E-state index in [1.165, 1.54) is 77.0 Å². The molecule has 18 heavy (non-hydrogen) atoms. The highest BCUT2D eigenvalue weighted by molar-refractivity contribution is 6.20. The lowest BCUT2D eigenvalue weighted by molar-refractivity contribution is 0.249. The third kappa shape index (κ3) is 6.45. The molecule has 1 saturated carbocycles. The van der Waals surface area contributed by atoms with Gasteiger partial charge in [0.15, 0.2) is 0 Å². The van der Waals surface area contributed by atoms with Crippen LogP contribution in [0.2, 0.25) is 0 Å². The molecule has 0 saturated heterocycles. The average molecular weight is 273 g/mol. The lowest BCUT2D eigenvalue weighted by Gasteiger charge is -2.32. The fraction of sp³-hybridized carbons (Fsp3) is 1.00. The van der Waals surface area contributed by atoms with E-state index in [4.69, 9.17) is 11.6 Å². The number of alkyl halides is 1. The summed E-state index contributed by atoms with van der Waals surface area (Å²) in [6.07, 6.45) is 16.7. The Hall–Kier alpha value is 0.290. The molecule has 1 heteroatoms. The van der Waals surface area contributed by atoms with Crippen LogP contribution in [-0.2, 0) is 0 Å². The molecule has 3 atom stereocenters. The van der Waals surface area contributed by atoms with Gasteiger partial charge in [0.25, 0.3) is 0 Å². The Kier molecular flexibility index (Phi) is 9.19. The van der Waals surface area contributed by atoms with Crippen LogP contribution >= 0.6 is 11.6 Å². The van der Waals surface area contributed by atoms with E-state index in [9.17, 15) is 0 Å². The van der Waals surface area contributed by atoms with Crippen LogP contribution in [0.3, 0.4) is 0 Å². The smallest absolute Gasteiger partial charge is 0.0364 e. The van der Waals surface area contributed by atoms with Gasteiger partial charge >= 0.3 is 0 Å². The monoisotopic (exact) mass is 272 g/mol. The van der Waals surface area contributed by atoms with Gasteiger partial charge in [-0.25, -0.2) is 0 Å². The van der Waals surface area contributed by atoms with E-state index < -0.39 is 0 Å². The maximum Gasteiger partial charge on any atom is 0.0364 e. The molecule has 0 radical (unpaired) electrons. The molecule has 0 bridgehead atoms. The third-order valence-corrected chi connectivity index (χ3v) is 5.33. The van der Waals surface area contributed by atoms with Gasteiger partial charge in [0.2, 0.25) is 0 Å². The lowest BCUT2D eigenvalue weighted by Crippen LogP contribution is -2.25. The van der Waals surface area contributed by atoms with Crippen molar-refractivity contribution in [2.75, 3.05) is 0 Å². The largest absolute Gasteiger partial charge is 0.123 e. The van der Waals surface area contributed by atoms with Crippen molar-refractivity contribution >= 4 is 11.6 Å². The first kappa shape index (κ1) is 16.3. The van der Waals surface area contributed by atoms with E-state index in [1.54, 1.807) is 0 Å². The second-order valence-electron chi connectivity index (χ2n) is 6.27. The molecule has 0 aliphatic heterocycles. The van der Waals surface area contributed by atoms with Crippen molar-refractivity contribution in [3.05, 3.63) is 0 Å². The number of hydrogen-bond donors (Lipinski definition) is 0. The van der Waals surface area contributed by atoms with Crippen molar-refractivity contribution in [3.63, 3.8) is 0 Å². The SMILES string of the molecule is CCCCCCCCCC1CC(CC)CCC1Cl. The van der Waals surface area contributed by atoms with Gasteiger partial charge in [0.1, 0.15) is 0 Å². The van der Waals surface area contributed by atoms with Crippen molar-refractivity contribution < 1.29 is 0 Å². The van der Waals surface area contributed by atoms with Gasteiger partial charge in [-0.3, -0.25) is 0 Å². The van der Waals surface area contributed by atoms with Crippen molar-refractivity contribution in [1.82, 2.24) is 0 Å². The van der Waals surface area contributed by atoms with Gasteiger partial charge in [-0.15, -0.1) is 11.6 Å². The second kappa shape index (κ2) is 10.1. The first-order valence-corrected chi connectivity index (χ1v) is 8.85. The van der Waals surface area contributed by atoms with Crippen LogP contribution in [0.15, 0.2) is 0 Å². The number of hydrogen-bond acceptors (Lipinski definition) is 0. The minimum absolute atomic E-state index is 0.480. The Morgan fingerprint density at radius 2 is 1.56 bits per heavy atom. The first-order chi connectivity index (χ1) is 8.77. The molecule has 1 aliphatic rings. The highest BCUT2D eigenvalue weighted by atomic mass is 35.5. The van der Waals surface area contributed by atoms with E-state index in [0.717, 1.165) is 11.8 Å². The minimum atomic E-state index is 0.480. The van der Waals surface area contributed by atoms with E-state index in [1.807, 2.05) is 0 Å². The van der Waals surface area contributed by atoms with Gasteiger partial charge in [0, 0.05) is 5.38 Å². The van der Waals surface area contributed by atoms with E-state index in [0.29, 0.717) is 5.38 Å². The quantitative estimate of drug-likeness (QED) is 0.329. The molecular weight excluding hydrogens is 240 g/mol. The summed E-state index contributed by atoms with van der Waals surface area (Å²) < 4.78 is 0. The Morgan fingerprint density at radius 1 is 0.889 bits per heavy atom. The van der Waals surface area contributed by atoms with Crippen LogP contribution in [0.1, 0.15) is 90.9 Å². The molecule has 0 aromatic rings. The Bertz CT molecular complexity index is 190. The zero-order valence-corrected chi connectivity index (χ0v) is 13.4. The molecule has 0 aromatic carbocycles. The number of unbranched alkanes of at least 4 members (excludes halogenated alkanes) is 6. The maximum atomic E-state index is 6.49. The van der Waals surface area contributed by atoms with E-state index in [2.05, 4.69) is 13.8 Å². The highest BCUT2D eigenvalue weighted by Crippen LogP contribution is 2.37. The zero-order valence-electron chi connectivity index (χ0n) is 12.6. The predicted octanol–water partition coefficient (Wildman–Crippen LogP) is 6.56. The summed E-state index contributed by atoms with van der Waals surface area (Å²) in [5, 5.41) is 0.480. The molecule has 0 heterocycles. The fourth-order valence-corrected chi connectivity index (χ4v) is 3.71. The Morgan fingerprint density at radius 3 is 2.22 bits per heavy atom. The third-order valence-electron chi connectivity index (χ3n) is 4.75. The van der Waals surface area contributed by atoms with E-state index >= 15 is 0 Å². The van der Waals surface area contributed by atoms with Gasteiger partial charge in [-0.1, -0.05) is 65.2 Å². The topological polar surface area (TPSA) is 0 Å². The van der Waals surface area contributed by atoms with Crippen molar-refractivity contribution in [2.45, 2.75) is 96.3 Å². The van der Waals surface area contributed by atoms with Crippen molar-refractivity contribution in [2.24, 2.45) is 11.8 Å². The van der Waals surface area contributed by atoms with Crippen LogP contribution in [0.4, 0.5) is 0 Å². The second-order valence-corrected chi connectivity index (χ2v) is 6.83. The predicted molar refractivity (Wildman–Crippen MR) is 83.4 cm³/mol. The fourth-order valence-electron chi connectivity index (χ4n) is 3.36. The normalized spacial score (nSPS) is 28.5. The molecule has 1 aliphatic carbocycles. The summed E-state index contributed by atoms with van der Waals surface area (Å²) >= 11 is 6.49. The molecule has 108 valence electrons. The summed E-state index contributed by atoms with van der Waals surface area (Å²) in [4.78, 5) is 0. The van der Waals surface area contributed by atoms with Gasteiger partial charge in [0.05, 0.1) is 0 Å². The minimum Gasteiger partial charge on any atom is -0.123 e. The Labute approximate surface area is 120 Å². The number of halogens is 1. The van der Waals surface area contributed by atoms with Crippen LogP contribution in [0, 0.1) is 11.8 Å². The van der Waals surface area contributed by atoms with E-state index in [-0.39, 0.29) is 0 Å². The zero-order chi connectivity index (χ0) is 13.2. The van der Waals surface area contributed by atoms with Crippen LogP contribution in [-0.4, -0.2) is 5.38 Å². The van der Waals surface area contributed by atoms with Crippen LogP contribution in [0.25, 0.3) is 0 Å². The molecule has 0 spiro atoms. The molecule has 3 unspecified atom stereocenters. The van der Waals surface area contributed by atoms with Crippen molar-refractivity contribution in [3.8, 4) is 0 Å². The molecular formula is C17H33Cl. The first-order valence-electron chi connectivity index (χ1n) is 8.42. The van der Waals surface area contributed by atoms with Crippen LogP contribution < -0.4 is 0 Å². The summed E-state index contributed by atoms with van der Waals surface area (Å²) in [7, 11) is 0. The van der Waals surface area contributed by atoms with Crippen molar-refractivity contribution in [1.29, 1.82) is 0 Å². The molecule has 1 fully saturated rings. The molecule has 0 nitrogen and oxygen atoms in total. The summed E-state index contributed by atoms with van der Waals surface area (Å²) in [5.74, 6) is 1.79. The van der Waals surface area contributed by atoms with Crippen LogP contribution in [0.5, 0.6) is 0 Å². The summed E-state index contributed by atoms with van der Waals surface area (Å²) in [6.45, 7) is 4.62. The standard InChI is InChI=1S/C17H33Cl/c1-3-5-6-7-8-9-10-11-16-14-15(4-2)12-13-17(16)18/h15-17H,3-14H2,1-2H3. The van der Waals surface area contributed by atoms with Gasteiger partial charge < -0.3 is 0 Å².